The molecule has 0 fully saturated rings. The second kappa shape index (κ2) is 4.26. The third kappa shape index (κ3) is 2.10. The SMILES string of the molecule is Cc1cc(F)cc(-c2c(C)cccc2Cl)c1. The number of hydrogen-bond acceptors (Lipinski definition) is 0. The van der Waals surface area contributed by atoms with Crippen LogP contribution in [-0.4, -0.2) is 0 Å². The van der Waals surface area contributed by atoms with E-state index >= 15 is 0 Å². The average Bonchev–Trinajstić information content (AvgIpc) is 2.15. The van der Waals surface area contributed by atoms with Crippen molar-refractivity contribution in [3.8, 4) is 11.1 Å². The van der Waals surface area contributed by atoms with E-state index in [1.807, 2.05) is 38.1 Å². The molecule has 0 heterocycles. The maximum Gasteiger partial charge on any atom is 0.124 e. The second-order valence-corrected chi connectivity index (χ2v) is 4.36. The van der Waals surface area contributed by atoms with E-state index in [-0.39, 0.29) is 5.82 Å². The maximum absolute atomic E-state index is 13.3. The summed E-state index contributed by atoms with van der Waals surface area (Å²) in [5.41, 5.74) is 3.69. The lowest BCUT2D eigenvalue weighted by Gasteiger charge is -2.09. The highest BCUT2D eigenvalue weighted by Crippen LogP contribution is 2.31. The van der Waals surface area contributed by atoms with Crippen LogP contribution in [0.25, 0.3) is 11.1 Å². The fraction of sp³-hybridized carbons (Fsp3) is 0.143. The average molecular weight is 235 g/mol. The van der Waals surface area contributed by atoms with Crippen molar-refractivity contribution in [1.82, 2.24) is 0 Å². The van der Waals surface area contributed by atoms with E-state index in [2.05, 4.69) is 0 Å². The Kier molecular flexibility index (Phi) is 2.97. The summed E-state index contributed by atoms with van der Waals surface area (Å²) < 4.78 is 13.3. The molecule has 2 rings (SSSR count). The zero-order chi connectivity index (χ0) is 11.7. The Hall–Kier alpha value is -1.34. The van der Waals surface area contributed by atoms with Crippen LogP contribution < -0.4 is 0 Å². The van der Waals surface area contributed by atoms with Gasteiger partial charge in [-0.1, -0.05) is 29.8 Å². The zero-order valence-corrected chi connectivity index (χ0v) is 9.98. The lowest BCUT2D eigenvalue weighted by Crippen LogP contribution is -1.87. The van der Waals surface area contributed by atoms with Crippen molar-refractivity contribution in [3.05, 3.63) is 58.4 Å². The van der Waals surface area contributed by atoms with Gasteiger partial charge in [-0.25, -0.2) is 4.39 Å². The fourth-order valence-electron chi connectivity index (χ4n) is 1.88. The lowest BCUT2D eigenvalue weighted by molar-refractivity contribution is 0.627. The van der Waals surface area contributed by atoms with Crippen LogP contribution in [0.3, 0.4) is 0 Å². The Morgan fingerprint density at radius 3 is 2.44 bits per heavy atom. The van der Waals surface area contributed by atoms with Crippen LogP contribution in [0, 0.1) is 19.7 Å². The molecule has 0 amide bonds. The number of halogens is 2. The number of benzene rings is 2. The van der Waals surface area contributed by atoms with E-state index in [4.69, 9.17) is 11.6 Å². The molecule has 0 saturated carbocycles. The number of rotatable bonds is 1. The van der Waals surface area contributed by atoms with Crippen LogP contribution in [0.5, 0.6) is 0 Å². The van der Waals surface area contributed by atoms with Crippen molar-refractivity contribution in [1.29, 1.82) is 0 Å². The van der Waals surface area contributed by atoms with Gasteiger partial charge < -0.3 is 0 Å². The highest BCUT2D eigenvalue weighted by molar-refractivity contribution is 6.33. The van der Waals surface area contributed by atoms with E-state index in [9.17, 15) is 4.39 Å². The van der Waals surface area contributed by atoms with Gasteiger partial charge in [-0.2, -0.15) is 0 Å². The van der Waals surface area contributed by atoms with E-state index in [0.717, 1.165) is 22.3 Å². The van der Waals surface area contributed by atoms with Gasteiger partial charge in [0, 0.05) is 10.6 Å². The Balaban J connectivity index is 2.67. The quantitative estimate of drug-likeness (QED) is 0.667. The van der Waals surface area contributed by atoms with E-state index in [1.165, 1.54) is 12.1 Å². The van der Waals surface area contributed by atoms with Crippen LogP contribution in [0.4, 0.5) is 4.39 Å². The summed E-state index contributed by atoms with van der Waals surface area (Å²) in [6.07, 6.45) is 0. The Morgan fingerprint density at radius 1 is 1.06 bits per heavy atom. The predicted octanol–water partition coefficient (Wildman–Crippen LogP) is 4.76. The van der Waals surface area contributed by atoms with Crippen LogP contribution in [0.2, 0.25) is 5.02 Å². The van der Waals surface area contributed by atoms with Gasteiger partial charge in [-0.15, -0.1) is 0 Å². The normalized spacial score (nSPS) is 10.5. The molecule has 0 spiro atoms. The topological polar surface area (TPSA) is 0 Å². The summed E-state index contributed by atoms with van der Waals surface area (Å²) in [4.78, 5) is 0. The first-order valence-electron chi connectivity index (χ1n) is 5.10. The zero-order valence-electron chi connectivity index (χ0n) is 9.22. The molecule has 0 aliphatic rings. The first kappa shape index (κ1) is 11.2. The van der Waals surface area contributed by atoms with Gasteiger partial charge >= 0.3 is 0 Å². The standard InChI is InChI=1S/C14H12ClF/c1-9-6-11(8-12(16)7-9)14-10(2)4-3-5-13(14)15/h3-8H,1-2H3. The van der Waals surface area contributed by atoms with E-state index < -0.39 is 0 Å². The van der Waals surface area contributed by atoms with E-state index in [1.54, 1.807) is 0 Å². The first-order valence-corrected chi connectivity index (χ1v) is 5.48. The molecule has 2 aromatic carbocycles. The summed E-state index contributed by atoms with van der Waals surface area (Å²) in [5, 5.41) is 0.657. The predicted molar refractivity (Wildman–Crippen MR) is 66.3 cm³/mol. The second-order valence-electron chi connectivity index (χ2n) is 3.95. The maximum atomic E-state index is 13.3. The minimum Gasteiger partial charge on any atom is -0.207 e. The molecule has 0 bridgehead atoms. The van der Waals surface area contributed by atoms with Gasteiger partial charge in [-0.3, -0.25) is 0 Å². The van der Waals surface area contributed by atoms with Crippen molar-refractivity contribution in [2.45, 2.75) is 13.8 Å². The van der Waals surface area contributed by atoms with Crippen LogP contribution >= 0.6 is 11.6 Å². The van der Waals surface area contributed by atoms with Crippen molar-refractivity contribution in [3.63, 3.8) is 0 Å². The molecule has 82 valence electrons. The number of hydrogen-bond donors (Lipinski definition) is 0. The molecule has 0 N–H and O–H groups in total. The summed E-state index contributed by atoms with van der Waals surface area (Å²) in [6.45, 7) is 3.85. The third-order valence-corrected chi connectivity index (χ3v) is 2.87. The summed E-state index contributed by atoms with van der Waals surface area (Å²) in [6, 6.07) is 10.7. The molecule has 2 heteroatoms. The van der Waals surface area contributed by atoms with Gasteiger partial charge in [-0.05, 0) is 48.7 Å². The molecule has 0 nitrogen and oxygen atoms in total. The van der Waals surface area contributed by atoms with Crippen molar-refractivity contribution in [2.24, 2.45) is 0 Å². The highest BCUT2D eigenvalue weighted by atomic mass is 35.5. The van der Waals surface area contributed by atoms with Gasteiger partial charge in [0.05, 0.1) is 0 Å². The van der Waals surface area contributed by atoms with Gasteiger partial charge in [0.25, 0.3) is 0 Å². The molecule has 0 aliphatic carbocycles. The molecule has 0 saturated heterocycles. The lowest BCUT2D eigenvalue weighted by atomic mass is 9.99. The Labute approximate surface area is 99.7 Å². The molecule has 2 aromatic rings. The minimum atomic E-state index is -0.227. The minimum absolute atomic E-state index is 0.227. The summed E-state index contributed by atoms with van der Waals surface area (Å²) in [7, 11) is 0. The summed E-state index contributed by atoms with van der Waals surface area (Å²) in [5.74, 6) is -0.227. The van der Waals surface area contributed by atoms with Crippen molar-refractivity contribution < 1.29 is 4.39 Å². The molecule has 0 radical (unpaired) electrons. The molecule has 0 aromatic heterocycles. The monoisotopic (exact) mass is 234 g/mol. The first-order chi connectivity index (χ1) is 7.58. The summed E-state index contributed by atoms with van der Waals surface area (Å²) >= 11 is 6.15. The Bertz CT molecular complexity index is 492. The van der Waals surface area contributed by atoms with E-state index in [0.29, 0.717) is 5.02 Å². The van der Waals surface area contributed by atoms with Crippen LogP contribution in [-0.2, 0) is 0 Å². The molecular formula is C14H12ClF. The van der Waals surface area contributed by atoms with Crippen molar-refractivity contribution >= 4 is 11.6 Å². The van der Waals surface area contributed by atoms with Crippen LogP contribution in [0.15, 0.2) is 36.4 Å². The number of aryl methyl sites for hydroxylation is 2. The molecule has 0 unspecified atom stereocenters. The van der Waals surface area contributed by atoms with Crippen LogP contribution in [0.1, 0.15) is 11.1 Å². The highest BCUT2D eigenvalue weighted by Gasteiger charge is 2.08. The largest absolute Gasteiger partial charge is 0.207 e. The molecule has 16 heavy (non-hydrogen) atoms. The smallest absolute Gasteiger partial charge is 0.124 e. The van der Waals surface area contributed by atoms with Crippen molar-refractivity contribution in [2.75, 3.05) is 0 Å². The molecule has 0 aliphatic heterocycles. The third-order valence-electron chi connectivity index (χ3n) is 2.55. The Morgan fingerprint density at radius 2 is 1.81 bits per heavy atom. The van der Waals surface area contributed by atoms with Gasteiger partial charge in [0.1, 0.15) is 5.82 Å². The fourth-order valence-corrected chi connectivity index (χ4v) is 2.21. The molecule has 0 atom stereocenters. The van der Waals surface area contributed by atoms with Gasteiger partial charge in [0.15, 0.2) is 0 Å². The van der Waals surface area contributed by atoms with Gasteiger partial charge in [0.2, 0.25) is 0 Å². The molecular weight excluding hydrogens is 223 g/mol.